The Morgan fingerprint density at radius 1 is 1.06 bits per heavy atom. The quantitative estimate of drug-likeness (QED) is 0.344. The molecule has 1 fully saturated rings. The number of benzene rings is 1. The highest BCUT2D eigenvalue weighted by Crippen LogP contribution is 2.30. The summed E-state index contributed by atoms with van der Waals surface area (Å²) in [6, 6.07) is 12.2. The van der Waals surface area contributed by atoms with Crippen LogP contribution in [0, 0.1) is 13.8 Å². The van der Waals surface area contributed by atoms with Gasteiger partial charge in [-0.05, 0) is 74.1 Å². The Morgan fingerprint density at radius 3 is 2.52 bits per heavy atom. The fourth-order valence-electron chi connectivity index (χ4n) is 3.44. The van der Waals surface area contributed by atoms with Gasteiger partial charge in [-0.3, -0.25) is 19.8 Å². The highest BCUT2D eigenvalue weighted by atomic mass is 35.5. The van der Waals surface area contributed by atoms with E-state index in [4.69, 9.17) is 35.4 Å². The molecule has 0 unspecified atom stereocenters. The maximum atomic E-state index is 13.2. The van der Waals surface area contributed by atoms with Gasteiger partial charge in [0.1, 0.15) is 11.4 Å². The molecule has 1 N–H and O–H groups in total. The summed E-state index contributed by atoms with van der Waals surface area (Å²) < 4.78 is 1.96. The molecule has 0 spiro atoms. The van der Waals surface area contributed by atoms with Gasteiger partial charge in [0.2, 0.25) is 0 Å². The molecule has 0 radical (unpaired) electrons. The number of hydrogen-bond acceptors (Lipinski definition) is 4. The second-order valence-corrected chi connectivity index (χ2v) is 8.11. The average Bonchev–Trinajstić information content (AvgIpc) is 3.01. The van der Waals surface area contributed by atoms with Crippen molar-refractivity contribution in [3.05, 3.63) is 81.2 Å². The first-order valence-electron chi connectivity index (χ1n) is 9.25. The van der Waals surface area contributed by atoms with E-state index in [0.29, 0.717) is 10.7 Å². The van der Waals surface area contributed by atoms with Crippen LogP contribution in [-0.4, -0.2) is 26.5 Å². The Bertz CT molecular complexity index is 1270. The van der Waals surface area contributed by atoms with Gasteiger partial charge < -0.3 is 4.57 Å². The molecule has 0 bridgehead atoms. The van der Waals surface area contributed by atoms with E-state index in [9.17, 15) is 9.59 Å². The Hall–Kier alpha value is -3.00. The minimum absolute atomic E-state index is 0.0236. The van der Waals surface area contributed by atoms with Gasteiger partial charge in [0, 0.05) is 17.6 Å². The highest BCUT2D eigenvalue weighted by Gasteiger charge is 2.35. The lowest BCUT2D eigenvalue weighted by atomic mass is 10.1. The molecule has 0 aliphatic carbocycles. The van der Waals surface area contributed by atoms with E-state index >= 15 is 0 Å². The van der Waals surface area contributed by atoms with Gasteiger partial charge in [-0.1, -0.05) is 29.3 Å². The molecule has 156 valence electrons. The van der Waals surface area contributed by atoms with Crippen molar-refractivity contribution >= 4 is 64.1 Å². The molecule has 3 aromatic rings. The van der Waals surface area contributed by atoms with Gasteiger partial charge in [0.05, 0.1) is 15.7 Å². The molecule has 4 rings (SSSR count). The molecular weight excluding hydrogens is 455 g/mol. The van der Waals surface area contributed by atoms with Crippen molar-refractivity contribution < 1.29 is 9.59 Å². The van der Waals surface area contributed by atoms with Crippen LogP contribution in [0.5, 0.6) is 0 Å². The van der Waals surface area contributed by atoms with Crippen LogP contribution in [0.2, 0.25) is 10.0 Å². The molecule has 3 heterocycles. The molecule has 2 aromatic heterocycles. The summed E-state index contributed by atoms with van der Waals surface area (Å²) in [6.45, 7) is 3.84. The van der Waals surface area contributed by atoms with Crippen LogP contribution in [0.4, 0.5) is 5.69 Å². The number of carbonyl (C=O) groups excluding carboxylic acids is 2. The standard InChI is InChI=1S/C22H16Cl2N4O2S/c1-12-9-14(13(2)27(12)19-5-3-4-8-25-19)10-16-20(29)26-22(31)28(21(16)30)15-6-7-17(23)18(24)11-15/h3-11H,1-2H3,(H,26,29,31)/b16-10+. The van der Waals surface area contributed by atoms with Crippen LogP contribution in [0.15, 0.2) is 54.2 Å². The summed E-state index contributed by atoms with van der Waals surface area (Å²) in [5.41, 5.74) is 2.86. The van der Waals surface area contributed by atoms with Crippen LogP contribution in [-0.2, 0) is 9.59 Å². The van der Waals surface area contributed by atoms with Crippen molar-refractivity contribution in [2.45, 2.75) is 13.8 Å². The van der Waals surface area contributed by atoms with Gasteiger partial charge in [-0.15, -0.1) is 0 Å². The lowest BCUT2D eigenvalue weighted by molar-refractivity contribution is -0.122. The maximum absolute atomic E-state index is 13.2. The Balaban J connectivity index is 1.77. The fourth-order valence-corrected chi connectivity index (χ4v) is 4.02. The van der Waals surface area contributed by atoms with Gasteiger partial charge in [0.15, 0.2) is 5.11 Å². The number of aryl methyl sites for hydroxylation is 1. The number of nitrogens with one attached hydrogen (secondary N) is 1. The third-order valence-corrected chi connectivity index (χ3v) is 5.94. The Labute approximate surface area is 194 Å². The second-order valence-electron chi connectivity index (χ2n) is 6.91. The summed E-state index contributed by atoms with van der Waals surface area (Å²) in [4.78, 5) is 31.5. The number of aromatic nitrogens is 2. The van der Waals surface area contributed by atoms with Crippen LogP contribution in [0.3, 0.4) is 0 Å². The van der Waals surface area contributed by atoms with Crippen LogP contribution >= 0.6 is 35.4 Å². The molecule has 6 nitrogen and oxygen atoms in total. The maximum Gasteiger partial charge on any atom is 0.270 e. The molecule has 2 amide bonds. The fraction of sp³-hybridized carbons (Fsp3) is 0.0909. The number of carbonyl (C=O) groups is 2. The number of rotatable bonds is 3. The van der Waals surface area contributed by atoms with Crippen molar-refractivity contribution in [3.63, 3.8) is 0 Å². The van der Waals surface area contributed by atoms with Crippen LogP contribution in [0.25, 0.3) is 11.9 Å². The second kappa shape index (κ2) is 8.26. The number of hydrogen-bond donors (Lipinski definition) is 1. The zero-order chi connectivity index (χ0) is 22.3. The van der Waals surface area contributed by atoms with E-state index < -0.39 is 11.8 Å². The van der Waals surface area contributed by atoms with Crippen molar-refractivity contribution in [2.75, 3.05) is 4.90 Å². The number of halogens is 2. The van der Waals surface area contributed by atoms with Gasteiger partial charge >= 0.3 is 0 Å². The average molecular weight is 471 g/mol. The smallest absolute Gasteiger partial charge is 0.270 e. The molecule has 0 atom stereocenters. The van der Waals surface area contributed by atoms with E-state index in [2.05, 4.69) is 10.3 Å². The van der Waals surface area contributed by atoms with Crippen LogP contribution < -0.4 is 10.2 Å². The number of amides is 2. The monoisotopic (exact) mass is 470 g/mol. The lowest BCUT2D eigenvalue weighted by Crippen LogP contribution is -2.54. The van der Waals surface area contributed by atoms with Crippen molar-refractivity contribution in [3.8, 4) is 5.82 Å². The first kappa shape index (κ1) is 21.2. The third-order valence-electron chi connectivity index (χ3n) is 4.91. The zero-order valence-electron chi connectivity index (χ0n) is 16.5. The first-order valence-corrected chi connectivity index (χ1v) is 10.4. The predicted octanol–water partition coefficient (Wildman–Crippen LogP) is 4.63. The van der Waals surface area contributed by atoms with Crippen LogP contribution in [0.1, 0.15) is 17.0 Å². The molecule has 1 aromatic carbocycles. The molecule has 1 aliphatic rings. The zero-order valence-corrected chi connectivity index (χ0v) is 18.8. The largest absolute Gasteiger partial charge is 0.303 e. The normalized spacial score (nSPS) is 15.5. The van der Waals surface area contributed by atoms with Gasteiger partial charge in [0.25, 0.3) is 11.8 Å². The number of thiocarbonyl (C=S) groups is 1. The first-order chi connectivity index (χ1) is 14.8. The predicted molar refractivity (Wildman–Crippen MR) is 126 cm³/mol. The van der Waals surface area contributed by atoms with Crippen molar-refractivity contribution in [2.24, 2.45) is 0 Å². The summed E-state index contributed by atoms with van der Waals surface area (Å²) in [6.07, 6.45) is 3.27. The lowest BCUT2D eigenvalue weighted by Gasteiger charge is -2.29. The van der Waals surface area contributed by atoms with Crippen molar-refractivity contribution in [1.29, 1.82) is 0 Å². The molecule has 1 aliphatic heterocycles. The molecule has 31 heavy (non-hydrogen) atoms. The minimum atomic E-state index is -0.561. The number of nitrogens with zero attached hydrogens (tertiary/aromatic N) is 3. The van der Waals surface area contributed by atoms with E-state index in [1.807, 2.05) is 42.7 Å². The molecular formula is C22H16Cl2N4O2S. The topological polar surface area (TPSA) is 67.2 Å². The highest BCUT2D eigenvalue weighted by molar-refractivity contribution is 7.80. The molecule has 1 saturated heterocycles. The SMILES string of the molecule is Cc1cc(/C=C2\C(=O)NC(=S)N(c3ccc(Cl)c(Cl)c3)C2=O)c(C)n1-c1ccccn1. The van der Waals surface area contributed by atoms with E-state index in [1.165, 1.54) is 11.0 Å². The summed E-state index contributed by atoms with van der Waals surface area (Å²) >= 11 is 17.3. The third kappa shape index (κ3) is 3.87. The van der Waals surface area contributed by atoms with E-state index in [1.54, 1.807) is 24.4 Å². The summed E-state index contributed by atoms with van der Waals surface area (Å²) in [5.74, 6) is -0.357. The minimum Gasteiger partial charge on any atom is -0.303 e. The molecule has 0 saturated carbocycles. The number of anilines is 1. The van der Waals surface area contributed by atoms with E-state index in [-0.39, 0.29) is 15.7 Å². The van der Waals surface area contributed by atoms with Gasteiger partial charge in [-0.2, -0.15) is 0 Å². The summed E-state index contributed by atoms with van der Waals surface area (Å²) in [5, 5.41) is 3.17. The van der Waals surface area contributed by atoms with Crippen molar-refractivity contribution in [1.82, 2.24) is 14.9 Å². The number of pyridine rings is 1. The summed E-state index contributed by atoms with van der Waals surface area (Å²) in [7, 11) is 0. The molecule has 9 heteroatoms. The Kier molecular flexibility index (Phi) is 5.66. The Morgan fingerprint density at radius 2 is 1.84 bits per heavy atom. The van der Waals surface area contributed by atoms with Gasteiger partial charge in [-0.25, -0.2) is 4.98 Å². The van der Waals surface area contributed by atoms with E-state index in [0.717, 1.165) is 22.8 Å².